The Morgan fingerprint density at radius 1 is 0.952 bits per heavy atom. The topological polar surface area (TPSA) is 105 Å². The molecule has 0 unspecified atom stereocenters. The summed E-state index contributed by atoms with van der Waals surface area (Å²) in [5.74, 6) is -0.0925. The summed E-state index contributed by atoms with van der Waals surface area (Å²) in [6.07, 6.45) is 1.68. The number of fused-ring (bicyclic) bond motifs is 1. The monoisotopic (exact) mass is 633 g/mol. The summed E-state index contributed by atoms with van der Waals surface area (Å²) in [6.45, 7) is 4.18. The molecule has 1 heterocycles. The van der Waals surface area contributed by atoms with Crippen molar-refractivity contribution in [3.05, 3.63) is 82.3 Å². The minimum atomic E-state index is -4.21. The smallest absolute Gasteiger partial charge is 0.264 e. The molecule has 0 spiro atoms. The molecule has 2 amide bonds. The minimum absolute atomic E-state index is 0.00154. The molecule has 0 radical (unpaired) electrons. The van der Waals surface area contributed by atoms with Gasteiger partial charge in [0.2, 0.25) is 11.8 Å². The van der Waals surface area contributed by atoms with Crippen molar-refractivity contribution >= 4 is 50.7 Å². The Hall–Kier alpha value is -3.47. The number of anilines is 1. The third kappa shape index (κ3) is 7.48. The minimum Gasteiger partial charge on any atom is -0.486 e. The largest absolute Gasteiger partial charge is 0.486 e. The first-order valence-corrected chi connectivity index (χ1v) is 15.8. The Morgan fingerprint density at radius 2 is 1.67 bits per heavy atom. The number of hydrogen-bond donors (Lipinski definition) is 1. The predicted octanol–water partition coefficient (Wildman–Crippen LogP) is 5.29. The van der Waals surface area contributed by atoms with Gasteiger partial charge in [0.1, 0.15) is 25.8 Å². The van der Waals surface area contributed by atoms with Crippen molar-refractivity contribution in [2.24, 2.45) is 0 Å². The first kappa shape index (κ1) is 31.5. The second-order valence-electron chi connectivity index (χ2n) is 9.74. The van der Waals surface area contributed by atoms with Gasteiger partial charge >= 0.3 is 0 Å². The van der Waals surface area contributed by atoms with Gasteiger partial charge in [-0.15, -0.1) is 0 Å². The van der Waals surface area contributed by atoms with Crippen molar-refractivity contribution in [2.75, 3.05) is 30.6 Å². The van der Waals surface area contributed by atoms with Crippen molar-refractivity contribution in [1.82, 2.24) is 10.2 Å². The zero-order valence-corrected chi connectivity index (χ0v) is 25.7. The van der Waals surface area contributed by atoms with Gasteiger partial charge in [0.15, 0.2) is 11.5 Å². The predicted molar refractivity (Wildman–Crippen MR) is 163 cm³/mol. The fourth-order valence-electron chi connectivity index (χ4n) is 4.39. The van der Waals surface area contributed by atoms with Crippen LogP contribution in [0.2, 0.25) is 10.0 Å². The normalized spacial score (nSPS) is 13.2. The lowest BCUT2D eigenvalue weighted by molar-refractivity contribution is -0.139. The number of carbonyl (C=O) groups is 2. The summed E-state index contributed by atoms with van der Waals surface area (Å²) >= 11 is 12.3. The van der Waals surface area contributed by atoms with Crippen LogP contribution in [0.5, 0.6) is 11.5 Å². The number of ether oxygens (including phenoxy) is 2. The Kier molecular flexibility index (Phi) is 10.6. The summed E-state index contributed by atoms with van der Waals surface area (Å²) in [6, 6.07) is 16.6. The van der Waals surface area contributed by atoms with Crippen LogP contribution in [0.1, 0.15) is 32.3 Å². The van der Waals surface area contributed by atoms with Gasteiger partial charge in [-0.25, -0.2) is 8.42 Å². The molecule has 1 atom stereocenters. The highest BCUT2D eigenvalue weighted by atomic mass is 35.5. The lowest BCUT2D eigenvalue weighted by Crippen LogP contribution is -2.51. The number of unbranched alkanes of at least 4 members (excludes halogenated alkanes) is 1. The number of amides is 2. The number of carbonyl (C=O) groups excluding carboxylic acids is 2. The van der Waals surface area contributed by atoms with E-state index in [0.717, 1.165) is 17.1 Å². The van der Waals surface area contributed by atoms with E-state index in [1.54, 1.807) is 55.5 Å². The fraction of sp³-hybridized carbons (Fsp3) is 0.333. The molecule has 0 saturated heterocycles. The molecule has 1 aliphatic heterocycles. The van der Waals surface area contributed by atoms with E-state index in [9.17, 15) is 18.0 Å². The van der Waals surface area contributed by atoms with Crippen molar-refractivity contribution in [2.45, 2.75) is 44.2 Å². The highest BCUT2D eigenvalue weighted by Gasteiger charge is 2.33. The van der Waals surface area contributed by atoms with E-state index >= 15 is 0 Å². The molecule has 0 fully saturated rings. The van der Waals surface area contributed by atoms with Crippen LogP contribution < -0.4 is 19.1 Å². The number of nitrogens with one attached hydrogen (secondary N) is 1. The third-order valence-corrected chi connectivity index (χ3v) is 9.28. The zero-order chi connectivity index (χ0) is 30.3. The molecule has 3 aromatic rings. The second-order valence-corrected chi connectivity index (χ2v) is 12.4. The van der Waals surface area contributed by atoms with E-state index in [-0.39, 0.29) is 23.0 Å². The summed E-state index contributed by atoms with van der Waals surface area (Å²) in [5, 5.41) is 3.50. The van der Waals surface area contributed by atoms with Crippen molar-refractivity contribution < 1.29 is 27.5 Å². The van der Waals surface area contributed by atoms with Crippen LogP contribution in [0.15, 0.2) is 71.6 Å². The third-order valence-electron chi connectivity index (χ3n) is 6.76. The van der Waals surface area contributed by atoms with Gasteiger partial charge in [-0.05, 0) is 55.3 Å². The zero-order valence-electron chi connectivity index (χ0n) is 23.4. The van der Waals surface area contributed by atoms with Gasteiger partial charge < -0.3 is 19.7 Å². The number of benzene rings is 3. The van der Waals surface area contributed by atoms with E-state index in [4.69, 9.17) is 32.7 Å². The number of halogens is 2. The van der Waals surface area contributed by atoms with Crippen LogP contribution >= 0.6 is 23.2 Å². The molecule has 0 bridgehead atoms. The van der Waals surface area contributed by atoms with E-state index in [0.29, 0.717) is 46.9 Å². The number of nitrogens with zero attached hydrogens (tertiary/aromatic N) is 2. The average Bonchev–Trinajstić information content (AvgIpc) is 3.00. The molecule has 1 aliphatic rings. The van der Waals surface area contributed by atoms with E-state index in [2.05, 4.69) is 5.32 Å². The number of rotatable bonds is 12. The van der Waals surface area contributed by atoms with Crippen LogP contribution in [-0.4, -0.2) is 57.5 Å². The average molecular weight is 635 g/mol. The lowest BCUT2D eigenvalue weighted by Gasteiger charge is -2.32. The molecule has 4 rings (SSSR count). The molecule has 1 N–H and O–H groups in total. The molecular weight excluding hydrogens is 601 g/mol. The first-order chi connectivity index (χ1) is 20.1. The Balaban J connectivity index is 1.71. The van der Waals surface area contributed by atoms with Crippen molar-refractivity contribution in [3.8, 4) is 11.5 Å². The van der Waals surface area contributed by atoms with Gasteiger partial charge in [0, 0.05) is 19.2 Å². The molecule has 0 aromatic heterocycles. The lowest BCUT2D eigenvalue weighted by atomic mass is 10.1. The van der Waals surface area contributed by atoms with Crippen LogP contribution in [-0.2, 0) is 26.2 Å². The van der Waals surface area contributed by atoms with Gasteiger partial charge in [-0.3, -0.25) is 13.9 Å². The van der Waals surface area contributed by atoms with Gasteiger partial charge in [0.25, 0.3) is 10.0 Å². The highest BCUT2D eigenvalue weighted by Crippen LogP contribution is 2.36. The quantitative estimate of drug-likeness (QED) is 0.272. The summed E-state index contributed by atoms with van der Waals surface area (Å²) in [5.41, 5.74) is 0.841. The molecule has 0 saturated carbocycles. The molecule has 0 aliphatic carbocycles. The van der Waals surface area contributed by atoms with E-state index in [1.165, 1.54) is 23.1 Å². The maximum atomic E-state index is 14.1. The van der Waals surface area contributed by atoms with Gasteiger partial charge in [-0.2, -0.15) is 0 Å². The number of hydrogen-bond acceptors (Lipinski definition) is 6. The van der Waals surface area contributed by atoms with Crippen LogP contribution in [0.3, 0.4) is 0 Å². The number of sulfonamides is 1. The van der Waals surface area contributed by atoms with E-state index in [1.807, 2.05) is 6.92 Å². The van der Waals surface area contributed by atoms with Crippen LogP contribution in [0, 0.1) is 0 Å². The molecule has 12 heteroatoms. The second kappa shape index (κ2) is 14.1. The van der Waals surface area contributed by atoms with Crippen LogP contribution in [0.4, 0.5) is 5.69 Å². The highest BCUT2D eigenvalue weighted by molar-refractivity contribution is 7.92. The van der Waals surface area contributed by atoms with Gasteiger partial charge in [0.05, 0.1) is 20.6 Å². The Bertz CT molecular complexity index is 1520. The first-order valence-electron chi connectivity index (χ1n) is 13.6. The maximum absolute atomic E-state index is 14.1. The standard InChI is InChI=1S/C30H33Cl2N3O6S/c1-3-4-14-33-30(37)21(2)34(19-22-10-12-25(31)26(32)17-22)29(36)20-35(42(38,39)24-8-6-5-7-9-24)23-11-13-27-28(18-23)41-16-15-40-27/h5-13,17-18,21H,3-4,14-16,19-20H2,1-2H3,(H,33,37)/t21-/m1/s1. The van der Waals surface area contributed by atoms with Crippen molar-refractivity contribution in [3.63, 3.8) is 0 Å². The molecular formula is C30H33Cl2N3O6S. The molecule has 42 heavy (non-hydrogen) atoms. The summed E-state index contributed by atoms with van der Waals surface area (Å²) < 4.78 is 40.2. The maximum Gasteiger partial charge on any atom is 0.264 e. The van der Waals surface area contributed by atoms with Crippen LogP contribution in [0.25, 0.3) is 0 Å². The van der Waals surface area contributed by atoms with Gasteiger partial charge in [-0.1, -0.05) is 60.8 Å². The molecule has 3 aromatic carbocycles. The summed E-state index contributed by atoms with van der Waals surface area (Å²) in [7, 11) is -4.21. The fourth-order valence-corrected chi connectivity index (χ4v) is 6.14. The van der Waals surface area contributed by atoms with E-state index < -0.39 is 28.5 Å². The van der Waals surface area contributed by atoms with Crippen molar-refractivity contribution in [1.29, 1.82) is 0 Å². The molecule has 9 nitrogen and oxygen atoms in total. The molecule has 224 valence electrons. The summed E-state index contributed by atoms with van der Waals surface area (Å²) in [4.78, 5) is 28.5. The SMILES string of the molecule is CCCCNC(=O)[C@@H](C)N(Cc1ccc(Cl)c(Cl)c1)C(=O)CN(c1ccc2c(c1)OCCO2)S(=O)(=O)c1ccccc1. The Labute approximate surface area is 256 Å². The Morgan fingerprint density at radius 3 is 2.36 bits per heavy atom.